The number of carbonyl (C=O) groups is 1. The number of pyridine rings is 1. The average Bonchev–Trinajstić information content (AvgIpc) is 3.52. The van der Waals surface area contributed by atoms with Gasteiger partial charge in [-0.3, -0.25) is 9.48 Å². The Labute approximate surface area is 195 Å². The van der Waals surface area contributed by atoms with E-state index < -0.39 is 11.6 Å². The fourth-order valence-corrected chi connectivity index (χ4v) is 4.98. The summed E-state index contributed by atoms with van der Waals surface area (Å²) < 4.78 is 29.4. The Morgan fingerprint density at radius 2 is 1.91 bits per heavy atom. The van der Waals surface area contributed by atoms with Crippen molar-refractivity contribution in [2.45, 2.75) is 25.6 Å². The molecule has 10 heteroatoms. The first-order chi connectivity index (χ1) is 16.4. The molecule has 9 nitrogen and oxygen atoms in total. The van der Waals surface area contributed by atoms with Crippen LogP contribution in [0.3, 0.4) is 0 Å². The van der Waals surface area contributed by atoms with Crippen LogP contribution in [0.15, 0.2) is 36.8 Å². The van der Waals surface area contributed by atoms with E-state index >= 15 is 0 Å². The minimum absolute atomic E-state index is 0.226. The van der Waals surface area contributed by atoms with Crippen LogP contribution in [0.25, 0.3) is 16.6 Å². The first-order valence-corrected chi connectivity index (χ1v) is 11.4. The van der Waals surface area contributed by atoms with Crippen LogP contribution < -0.4 is 10.2 Å². The predicted molar refractivity (Wildman–Crippen MR) is 125 cm³/mol. The molecule has 2 saturated heterocycles. The highest BCUT2D eigenvalue weighted by Crippen LogP contribution is 2.36. The van der Waals surface area contributed by atoms with Crippen molar-refractivity contribution < 1.29 is 18.7 Å². The van der Waals surface area contributed by atoms with Crippen LogP contribution in [0.5, 0.6) is 0 Å². The molecule has 1 spiro atoms. The van der Waals surface area contributed by atoms with Crippen molar-refractivity contribution >= 4 is 33.8 Å². The molecule has 2 aliphatic heterocycles. The summed E-state index contributed by atoms with van der Waals surface area (Å²) in [6.07, 6.45) is 6.87. The average molecular weight is 465 g/mol. The number of anilines is 2. The number of nitrogens with one attached hydrogen (secondary N) is 1. The third-order valence-corrected chi connectivity index (χ3v) is 6.58. The van der Waals surface area contributed by atoms with Gasteiger partial charge in [0.1, 0.15) is 5.52 Å². The Kier molecular flexibility index (Phi) is 4.82. The number of halogens is 1. The quantitative estimate of drug-likeness (QED) is 0.501. The number of imidazole rings is 1. The molecule has 1 aromatic carbocycles. The molecule has 6 rings (SSSR count). The van der Waals surface area contributed by atoms with Gasteiger partial charge in [0, 0.05) is 68.7 Å². The Morgan fingerprint density at radius 3 is 2.68 bits per heavy atom. The van der Waals surface area contributed by atoms with Crippen molar-refractivity contribution in [3.8, 4) is 0 Å². The molecule has 0 aliphatic carbocycles. The highest BCUT2D eigenvalue weighted by Gasteiger charge is 2.40. The van der Waals surface area contributed by atoms with Crippen molar-refractivity contribution in [3.63, 3.8) is 0 Å². The van der Waals surface area contributed by atoms with Gasteiger partial charge in [0.25, 0.3) is 5.91 Å². The molecule has 4 aromatic rings. The number of carbonyl (C=O) groups excluding carboxylic acids is 1. The van der Waals surface area contributed by atoms with Crippen LogP contribution in [-0.2, 0) is 16.5 Å². The summed E-state index contributed by atoms with van der Waals surface area (Å²) in [6.45, 7) is 4.67. The molecule has 0 radical (unpaired) electrons. The SMILES string of the molecule is Cc1cn2cc(NC(=O)c3ccc(N4CCC5(CC4)OCCO5)c4cn(C)nc34)cc(F)c2n1. The number of rotatable bonds is 3. The second-order valence-electron chi connectivity index (χ2n) is 8.94. The second-order valence-corrected chi connectivity index (χ2v) is 8.94. The van der Waals surface area contributed by atoms with Gasteiger partial charge in [-0.25, -0.2) is 9.37 Å². The van der Waals surface area contributed by atoms with Gasteiger partial charge in [0.05, 0.1) is 30.2 Å². The van der Waals surface area contributed by atoms with E-state index in [-0.39, 0.29) is 11.6 Å². The minimum Gasteiger partial charge on any atom is -0.371 e. The van der Waals surface area contributed by atoms with E-state index in [0.29, 0.717) is 35.7 Å². The Balaban J connectivity index is 1.29. The molecule has 0 unspecified atom stereocenters. The number of benzene rings is 1. The third kappa shape index (κ3) is 3.50. The van der Waals surface area contributed by atoms with E-state index in [0.717, 1.165) is 37.0 Å². The van der Waals surface area contributed by atoms with E-state index in [1.54, 1.807) is 34.5 Å². The topological polar surface area (TPSA) is 85.9 Å². The lowest BCUT2D eigenvalue weighted by atomic mass is 10.0. The van der Waals surface area contributed by atoms with Crippen molar-refractivity contribution in [2.24, 2.45) is 7.05 Å². The van der Waals surface area contributed by atoms with Gasteiger partial charge >= 0.3 is 0 Å². The maximum Gasteiger partial charge on any atom is 0.257 e. The van der Waals surface area contributed by atoms with Crippen LogP contribution in [0.4, 0.5) is 15.8 Å². The van der Waals surface area contributed by atoms with Crippen molar-refractivity contribution in [1.82, 2.24) is 19.2 Å². The van der Waals surface area contributed by atoms with Gasteiger partial charge in [-0.1, -0.05) is 0 Å². The Morgan fingerprint density at radius 1 is 1.15 bits per heavy atom. The smallest absolute Gasteiger partial charge is 0.257 e. The lowest BCUT2D eigenvalue weighted by Crippen LogP contribution is -2.45. The highest BCUT2D eigenvalue weighted by atomic mass is 19.1. The fourth-order valence-electron chi connectivity index (χ4n) is 4.98. The summed E-state index contributed by atoms with van der Waals surface area (Å²) >= 11 is 0. The molecular formula is C24H25FN6O3. The first kappa shape index (κ1) is 21.1. The summed E-state index contributed by atoms with van der Waals surface area (Å²) in [7, 11) is 1.83. The molecule has 2 aliphatic rings. The first-order valence-electron chi connectivity index (χ1n) is 11.4. The standard InChI is InChI=1S/C24H25FN6O3/c1-15-12-31-13-16(11-19(25)22(31)26-15)27-23(32)17-3-4-20(18-14-29(2)28-21(17)18)30-7-5-24(6-8-30)33-9-10-34-24/h3-4,11-14H,5-10H2,1-2H3,(H,27,32). The number of nitrogens with zero attached hydrogens (tertiary/aromatic N) is 5. The number of hydrogen-bond donors (Lipinski definition) is 1. The number of aromatic nitrogens is 4. The predicted octanol–water partition coefficient (Wildman–Crippen LogP) is 3.26. The fraction of sp³-hybridized carbons (Fsp3) is 0.375. The molecule has 176 valence electrons. The molecule has 5 heterocycles. The van der Waals surface area contributed by atoms with E-state index in [2.05, 4.69) is 20.3 Å². The number of piperidine rings is 1. The Hall–Kier alpha value is -3.50. The zero-order valence-electron chi connectivity index (χ0n) is 19.0. The molecule has 1 N–H and O–H groups in total. The lowest BCUT2D eigenvalue weighted by molar-refractivity contribution is -0.169. The summed E-state index contributed by atoms with van der Waals surface area (Å²) in [4.78, 5) is 19.6. The second kappa shape index (κ2) is 7.78. The molecule has 3 aromatic heterocycles. The van der Waals surface area contributed by atoms with Crippen LogP contribution in [-0.4, -0.2) is 57.2 Å². The van der Waals surface area contributed by atoms with E-state index in [4.69, 9.17) is 9.47 Å². The summed E-state index contributed by atoms with van der Waals surface area (Å²) in [5.41, 5.74) is 3.32. The zero-order chi connectivity index (χ0) is 23.4. The van der Waals surface area contributed by atoms with Crippen LogP contribution in [0, 0.1) is 12.7 Å². The normalized spacial score (nSPS) is 17.8. The number of amides is 1. The number of aryl methyl sites for hydroxylation is 2. The van der Waals surface area contributed by atoms with Crippen LogP contribution in [0.1, 0.15) is 28.9 Å². The lowest BCUT2D eigenvalue weighted by Gasteiger charge is -2.39. The largest absolute Gasteiger partial charge is 0.371 e. The molecule has 0 saturated carbocycles. The maximum atomic E-state index is 14.5. The van der Waals surface area contributed by atoms with Gasteiger partial charge in [0.2, 0.25) is 0 Å². The molecule has 2 fully saturated rings. The zero-order valence-corrected chi connectivity index (χ0v) is 19.0. The summed E-state index contributed by atoms with van der Waals surface area (Å²) in [5.74, 6) is -1.30. The number of ether oxygens (including phenoxy) is 2. The van der Waals surface area contributed by atoms with Crippen molar-refractivity contribution in [3.05, 3.63) is 53.9 Å². The van der Waals surface area contributed by atoms with Gasteiger partial charge in [0.15, 0.2) is 17.3 Å². The van der Waals surface area contributed by atoms with Crippen molar-refractivity contribution in [1.29, 1.82) is 0 Å². The van der Waals surface area contributed by atoms with Crippen LogP contribution >= 0.6 is 0 Å². The monoisotopic (exact) mass is 464 g/mol. The van der Waals surface area contributed by atoms with E-state index in [1.807, 2.05) is 19.3 Å². The highest BCUT2D eigenvalue weighted by molar-refractivity contribution is 6.13. The Bertz CT molecular complexity index is 1410. The van der Waals surface area contributed by atoms with Gasteiger partial charge in [-0.15, -0.1) is 0 Å². The molecule has 34 heavy (non-hydrogen) atoms. The summed E-state index contributed by atoms with van der Waals surface area (Å²) in [5, 5.41) is 8.27. The number of hydrogen-bond acceptors (Lipinski definition) is 6. The van der Waals surface area contributed by atoms with Gasteiger partial charge < -0.3 is 24.1 Å². The van der Waals surface area contributed by atoms with E-state index in [9.17, 15) is 9.18 Å². The third-order valence-electron chi connectivity index (χ3n) is 6.58. The molecule has 1 amide bonds. The van der Waals surface area contributed by atoms with Crippen LogP contribution in [0.2, 0.25) is 0 Å². The molecular weight excluding hydrogens is 439 g/mol. The summed E-state index contributed by atoms with van der Waals surface area (Å²) in [6, 6.07) is 5.01. The van der Waals surface area contributed by atoms with Gasteiger partial charge in [-0.05, 0) is 19.1 Å². The van der Waals surface area contributed by atoms with E-state index in [1.165, 1.54) is 6.07 Å². The number of fused-ring (bicyclic) bond motifs is 2. The van der Waals surface area contributed by atoms with Crippen molar-refractivity contribution in [2.75, 3.05) is 36.5 Å². The maximum absolute atomic E-state index is 14.5. The molecule has 0 bridgehead atoms. The van der Waals surface area contributed by atoms with Gasteiger partial charge in [-0.2, -0.15) is 5.10 Å². The minimum atomic E-state index is -0.498. The molecule has 0 atom stereocenters.